The first-order chi connectivity index (χ1) is 9.83. The van der Waals surface area contributed by atoms with E-state index in [1.165, 1.54) is 30.5 Å². The highest BCUT2D eigenvalue weighted by Crippen LogP contribution is 2.30. The van der Waals surface area contributed by atoms with Gasteiger partial charge in [0, 0.05) is 6.07 Å². The van der Waals surface area contributed by atoms with Crippen LogP contribution in [0.25, 0.3) is 0 Å². The number of rotatable bonds is 4. The maximum absolute atomic E-state index is 12.1. The second-order valence-corrected chi connectivity index (χ2v) is 5.78. The number of furan rings is 1. The molecule has 110 valence electrons. The Labute approximate surface area is 123 Å². The molecule has 1 heterocycles. The summed E-state index contributed by atoms with van der Waals surface area (Å²) in [5.41, 5.74) is -0.734. The topological polar surface area (TPSA) is 120 Å². The van der Waals surface area contributed by atoms with Gasteiger partial charge in [-0.05, 0) is 18.2 Å². The number of amides is 1. The maximum Gasteiger partial charge on any atom is 0.300 e. The summed E-state index contributed by atoms with van der Waals surface area (Å²) in [6.07, 6.45) is 1.18. The van der Waals surface area contributed by atoms with Gasteiger partial charge in [-0.25, -0.2) is 13.1 Å². The number of nitrogens with zero attached hydrogens (tertiary/aromatic N) is 1. The summed E-state index contributed by atoms with van der Waals surface area (Å²) >= 11 is 5.71. The van der Waals surface area contributed by atoms with E-state index in [4.69, 9.17) is 16.0 Å². The predicted molar refractivity (Wildman–Crippen MR) is 71.5 cm³/mol. The molecule has 8 nitrogen and oxygen atoms in total. The van der Waals surface area contributed by atoms with Crippen molar-refractivity contribution < 1.29 is 22.6 Å². The Hall–Kier alpha value is -2.39. The molecule has 0 aliphatic rings. The van der Waals surface area contributed by atoms with Crippen LogP contribution in [0.5, 0.6) is 0 Å². The van der Waals surface area contributed by atoms with Crippen molar-refractivity contribution in [3.05, 3.63) is 57.5 Å². The minimum absolute atomic E-state index is 0.256. The van der Waals surface area contributed by atoms with E-state index in [0.717, 1.165) is 6.07 Å². The van der Waals surface area contributed by atoms with Crippen LogP contribution in [0, 0.1) is 10.1 Å². The molecular formula is C11H7ClN2O6S. The lowest BCUT2D eigenvalue weighted by Gasteiger charge is -2.07. The molecule has 1 amide bonds. The zero-order valence-electron chi connectivity index (χ0n) is 10.1. The van der Waals surface area contributed by atoms with Crippen molar-refractivity contribution in [2.45, 2.75) is 4.90 Å². The van der Waals surface area contributed by atoms with Gasteiger partial charge in [-0.1, -0.05) is 17.7 Å². The molecule has 0 fully saturated rings. The van der Waals surface area contributed by atoms with E-state index in [1.807, 2.05) is 0 Å². The first-order valence-corrected chi connectivity index (χ1v) is 7.22. The minimum Gasteiger partial charge on any atom is -0.459 e. The Balaban J connectivity index is 2.46. The standard InChI is InChI=1S/C11H7ClN2O6S/c12-7-3-1-4-8(14(16)17)10(7)21(18,19)13-11(15)9-5-2-6-20-9/h1-6H,(H,13,15). The molecule has 1 aromatic heterocycles. The van der Waals surface area contributed by atoms with Crippen LogP contribution in [0.1, 0.15) is 10.6 Å². The highest BCUT2D eigenvalue weighted by Gasteiger charge is 2.31. The van der Waals surface area contributed by atoms with Gasteiger partial charge >= 0.3 is 5.91 Å². The van der Waals surface area contributed by atoms with Crippen LogP contribution in [0.3, 0.4) is 0 Å². The second-order valence-electron chi connectivity index (χ2n) is 3.76. The third kappa shape index (κ3) is 3.03. The number of carbonyl (C=O) groups excluding carboxylic acids is 1. The summed E-state index contributed by atoms with van der Waals surface area (Å²) < 4.78 is 30.6. The largest absolute Gasteiger partial charge is 0.459 e. The van der Waals surface area contributed by atoms with Gasteiger partial charge in [0.25, 0.3) is 15.7 Å². The molecule has 1 N–H and O–H groups in total. The third-order valence-corrected chi connectivity index (χ3v) is 4.23. The van der Waals surface area contributed by atoms with Crippen molar-refractivity contribution in [2.24, 2.45) is 0 Å². The van der Waals surface area contributed by atoms with Gasteiger partial charge in [-0.3, -0.25) is 14.9 Å². The number of nitrogens with one attached hydrogen (secondary N) is 1. The Morgan fingerprint density at radius 2 is 2.00 bits per heavy atom. The van der Waals surface area contributed by atoms with E-state index >= 15 is 0 Å². The molecule has 0 spiro atoms. The smallest absolute Gasteiger partial charge is 0.300 e. The number of hydrogen-bond acceptors (Lipinski definition) is 6. The number of nitro groups is 1. The van der Waals surface area contributed by atoms with Gasteiger partial charge in [-0.2, -0.15) is 0 Å². The van der Waals surface area contributed by atoms with Gasteiger partial charge in [0.2, 0.25) is 0 Å². The molecule has 0 radical (unpaired) electrons. The molecule has 21 heavy (non-hydrogen) atoms. The number of nitro benzene ring substituents is 1. The second kappa shape index (κ2) is 5.54. The van der Waals surface area contributed by atoms with E-state index < -0.39 is 31.4 Å². The van der Waals surface area contributed by atoms with Gasteiger partial charge in [0.05, 0.1) is 16.2 Å². The van der Waals surface area contributed by atoms with Crippen LogP contribution in [0.2, 0.25) is 5.02 Å². The normalized spacial score (nSPS) is 11.1. The SMILES string of the molecule is O=C(NS(=O)(=O)c1c(Cl)cccc1[N+](=O)[O-])c1ccco1. The summed E-state index contributed by atoms with van der Waals surface area (Å²) in [7, 11) is -4.53. The van der Waals surface area contributed by atoms with E-state index in [2.05, 4.69) is 0 Å². The zero-order valence-corrected chi connectivity index (χ0v) is 11.7. The lowest BCUT2D eigenvalue weighted by molar-refractivity contribution is -0.387. The summed E-state index contributed by atoms with van der Waals surface area (Å²) in [5.74, 6) is -1.32. The van der Waals surface area contributed by atoms with Crippen LogP contribution in [-0.4, -0.2) is 19.2 Å². The highest BCUT2D eigenvalue weighted by atomic mass is 35.5. The van der Waals surface area contributed by atoms with Crippen molar-refractivity contribution >= 4 is 33.2 Å². The number of hydrogen-bond donors (Lipinski definition) is 1. The molecule has 0 aliphatic carbocycles. The van der Waals surface area contributed by atoms with Gasteiger partial charge in [0.1, 0.15) is 0 Å². The molecule has 0 bridgehead atoms. The predicted octanol–water partition coefficient (Wildman–Crippen LogP) is 1.96. The van der Waals surface area contributed by atoms with Gasteiger partial charge < -0.3 is 4.42 Å². The van der Waals surface area contributed by atoms with E-state index in [1.54, 1.807) is 4.72 Å². The van der Waals surface area contributed by atoms with Crippen molar-refractivity contribution in [3.63, 3.8) is 0 Å². The average molecular weight is 331 g/mol. The first-order valence-electron chi connectivity index (χ1n) is 5.36. The van der Waals surface area contributed by atoms with Crippen LogP contribution in [-0.2, 0) is 10.0 Å². The molecule has 2 aromatic rings. The Morgan fingerprint density at radius 3 is 2.57 bits per heavy atom. The summed E-state index contributed by atoms with van der Waals surface area (Å²) in [6, 6.07) is 6.00. The Bertz CT molecular complexity index is 800. The fourth-order valence-corrected chi connectivity index (χ4v) is 3.20. The minimum atomic E-state index is -4.53. The molecule has 0 unspecified atom stereocenters. The summed E-state index contributed by atoms with van der Waals surface area (Å²) in [4.78, 5) is 20.9. The lowest BCUT2D eigenvalue weighted by Crippen LogP contribution is -2.31. The zero-order chi connectivity index (χ0) is 15.6. The average Bonchev–Trinajstić information content (AvgIpc) is 2.91. The van der Waals surface area contributed by atoms with E-state index in [-0.39, 0.29) is 10.8 Å². The van der Waals surface area contributed by atoms with Crippen molar-refractivity contribution in [1.29, 1.82) is 0 Å². The maximum atomic E-state index is 12.1. The molecule has 0 saturated carbocycles. The van der Waals surface area contributed by atoms with Crippen LogP contribution in [0.15, 0.2) is 45.9 Å². The van der Waals surface area contributed by atoms with Crippen molar-refractivity contribution in [3.8, 4) is 0 Å². The Kier molecular flexibility index (Phi) is 3.96. The summed E-state index contributed by atoms with van der Waals surface area (Å²) in [6.45, 7) is 0. The van der Waals surface area contributed by atoms with Crippen molar-refractivity contribution in [1.82, 2.24) is 4.72 Å². The fraction of sp³-hybridized carbons (Fsp3) is 0. The molecule has 10 heteroatoms. The number of halogens is 1. The quantitative estimate of drug-likeness (QED) is 0.676. The number of carbonyl (C=O) groups is 1. The first kappa shape index (κ1) is 15.0. The van der Waals surface area contributed by atoms with Crippen molar-refractivity contribution in [2.75, 3.05) is 0 Å². The molecule has 0 saturated heterocycles. The third-order valence-electron chi connectivity index (χ3n) is 2.38. The number of sulfonamides is 1. The number of benzene rings is 1. The fourth-order valence-electron chi connectivity index (χ4n) is 1.54. The molecule has 1 aromatic carbocycles. The van der Waals surface area contributed by atoms with E-state index in [9.17, 15) is 23.3 Å². The van der Waals surface area contributed by atoms with Crippen LogP contribution >= 0.6 is 11.6 Å². The lowest BCUT2D eigenvalue weighted by atomic mass is 10.3. The van der Waals surface area contributed by atoms with Crippen LogP contribution in [0.4, 0.5) is 5.69 Å². The molecule has 0 atom stereocenters. The Morgan fingerprint density at radius 1 is 1.29 bits per heavy atom. The summed E-state index contributed by atoms with van der Waals surface area (Å²) in [5, 5.41) is 10.5. The highest BCUT2D eigenvalue weighted by molar-refractivity contribution is 7.90. The molecule has 0 aliphatic heterocycles. The molecule has 2 rings (SSSR count). The molecular weight excluding hydrogens is 324 g/mol. The van der Waals surface area contributed by atoms with Gasteiger partial charge in [0.15, 0.2) is 10.7 Å². The monoisotopic (exact) mass is 330 g/mol. The van der Waals surface area contributed by atoms with E-state index in [0.29, 0.717) is 0 Å². The van der Waals surface area contributed by atoms with Gasteiger partial charge in [-0.15, -0.1) is 0 Å². The van der Waals surface area contributed by atoms with Crippen LogP contribution < -0.4 is 4.72 Å².